The fraction of sp³-hybridized carbons (Fsp3) is 0.750. The number of rotatable bonds is 7. The van der Waals surface area contributed by atoms with Gasteiger partial charge in [0, 0.05) is 13.1 Å². The van der Waals surface area contributed by atoms with Crippen LogP contribution in [0.15, 0.2) is 0 Å². The summed E-state index contributed by atoms with van der Waals surface area (Å²) in [7, 11) is -1.53. The van der Waals surface area contributed by atoms with Crippen molar-refractivity contribution in [2.45, 2.75) is 37.2 Å². The molecule has 1 heterocycles. The molecule has 1 unspecified atom stereocenters. The molecule has 13 heteroatoms. The number of halogens is 2. The summed E-state index contributed by atoms with van der Waals surface area (Å²) in [6.45, 7) is -0.127. The fourth-order valence-electron chi connectivity index (χ4n) is 2.77. The maximum absolute atomic E-state index is 12.2. The molecule has 0 aromatic heterocycles. The molecule has 0 radical (unpaired) electrons. The van der Waals surface area contributed by atoms with E-state index < -0.39 is 43.0 Å². The first kappa shape index (κ1) is 26.1. The Hall–Kier alpha value is -1.11. The van der Waals surface area contributed by atoms with Gasteiger partial charge >= 0.3 is 19.1 Å². The normalized spacial score (nSPS) is 23.7. The zero-order chi connectivity index (χ0) is 17.8. The molecule has 10 nitrogen and oxygen atoms in total. The number of hydrogen-bond acceptors (Lipinski definition) is 7. The lowest BCUT2D eigenvalue weighted by Crippen LogP contribution is -2.64. The number of piperidine rings is 1. The van der Waals surface area contributed by atoms with Gasteiger partial charge in [-0.3, -0.25) is 14.4 Å². The first-order chi connectivity index (χ1) is 10.5. The van der Waals surface area contributed by atoms with E-state index >= 15 is 0 Å². The monoisotopic (exact) mass is 403 g/mol. The Morgan fingerprint density at radius 3 is 2.24 bits per heavy atom. The van der Waals surface area contributed by atoms with Crippen molar-refractivity contribution >= 4 is 49.8 Å². The Morgan fingerprint density at radius 2 is 1.80 bits per heavy atom. The minimum absolute atomic E-state index is 0. The molecular weight excluding hydrogens is 380 g/mol. The van der Waals surface area contributed by atoms with Crippen LogP contribution in [0.5, 0.6) is 0 Å². The molecule has 1 saturated heterocycles. The second kappa shape index (κ2) is 10.8. The number of nitrogens with two attached hydrogens (primary N) is 2. The third kappa shape index (κ3) is 7.76. The van der Waals surface area contributed by atoms with Crippen LogP contribution < -0.4 is 11.5 Å². The molecule has 8 N–H and O–H groups in total. The van der Waals surface area contributed by atoms with E-state index in [2.05, 4.69) is 0 Å². The molecule has 0 aromatic rings. The zero-order valence-corrected chi connectivity index (χ0v) is 15.0. The lowest BCUT2D eigenvalue weighted by atomic mass is 9.75. The van der Waals surface area contributed by atoms with Crippen LogP contribution in [0.3, 0.4) is 0 Å². The van der Waals surface area contributed by atoms with Gasteiger partial charge in [0.25, 0.3) is 0 Å². The summed E-state index contributed by atoms with van der Waals surface area (Å²) in [5.74, 6) is -3.55. The third-order valence-electron chi connectivity index (χ3n) is 3.89. The number of carbonyl (C=O) groups is 3. The molecule has 0 bridgehead atoms. The van der Waals surface area contributed by atoms with Crippen molar-refractivity contribution in [3.8, 4) is 0 Å². The summed E-state index contributed by atoms with van der Waals surface area (Å²) >= 11 is 0. The smallest absolute Gasteiger partial charge is 0.451 e. The summed E-state index contributed by atoms with van der Waals surface area (Å²) in [5, 5.41) is 35.8. The van der Waals surface area contributed by atoms with Gasteiger partial charge in [0.15, 0.2) is 0 Å². The minimum Gasteiger partial charge on any atom is -0.481 e. The summed E-state index contributed by atoms with van der Waals surface area (Å²) in [4.78, 5) is 35.4. The van der Waals surface area contributed by atoms with Crippen molar-refractivity contribution in [3.05, 3.63) is 0 Å². The number of likely N-dealkylation sites (tertiary alicyclic amines) is 1. The average Bonchev–Trinajstić information content (AvgIpc) is 2.42. The van der Waals surface area contributed by atoms with E-state index in [0.29, 0.717) is 0 Å². The molecule has 0 spiro atoms. The summed E-state index contributed by atoms with van der Waals surface area (Å²) < 4.78 is 0. The summed E-state index contributed by atoms with van der Waals surface area (Å²) in [5.41, 5.74) is 9.72. The fourth-order valence-corrected chi connectivity index (χ4v) is 2.77. The second-order valence-electron chi connectivity index (χ2n) is 6.01. The summed E-state index contributed by atoms with van der Waals surface area (Å²) in [6.07, 6.45) is -0.210. The molecule has 1 aliphatic rings. The van der Waals surface area contributed by atoms with Crippen molar-refractivity contribution in [1.29, 1.82) is 0 Å². The van der Waals surface area contributed by atoms with E-state index in [1.807, 2.05) is 0 Å². The maximum atomic E-state index is 12.2. The van der Waals surface area contributed by atoms with Crippen LogP contribution in [0, 0.1) is 5.92 Å². The van der Waals surface area contributed by atoms with Crippen LogP contribution in [0.1, 0.15) is 19.3 Å². The largest absolute Gasteiger partial charge is 0.481 e. The van der Waals surface area contributed by atoms with E-state index in [0.717, 1.165) is 4.90 Å². The van der Waals surface area contributed by atoms with E-state index in [1.165, 1.54) is 0 Å². The number of carboxylic acid groups (broad SMARTS) is 2. The highest BCUT2D eigenvalue weighted by Crippen LogP contribution is 2.28. The van der Waals surface area contributed by atoms with Gasteiger partial charge < -0.3 is 36.6 Å². The van der Waals surface area contributed by atoms with Gasteiger partial charge in [-0.2, -0.15) is 0 Å². The van der Waals surface area contributed by atoms with Crippen LogP contribution in [0.4, 0.5) is 0 Å². The predicted molar refractivity (Wildman–Crippen MR) is 93.6 cm³/mol. The van der Waals surface area contributed by atoms with Gasteiger partial charge in [0.05, 0.1) is 12.5 Å². The molecule has 0 aromatic carbocycles. The van der Waals surface area contributed by atoms with Crippen molar-refractivity contribution in [1.82, 2.24) is 4.90 Å². The first-order valence-corrected chi connectivity index (χ1v) is 7.19. The Kier molecular flexibility index (Phi) is 11.3. The van der Waals surface area contributed by atoms with Gasteiger partial charge in [0.1, 0.15) is 5.54 Å². The second-order valence-corrected chi connectivity index (χ2v) is 6.01. The Balaban J connectivity index is 0. The highest BCUT2D eigenvalue weighted by Gasteiger charge is 2.44. The van der Waals surface area contributed by atoms with Crippen molar-refractivity contribution < 1.29 is 34.6 Å². The summed E-state index contributed by atoms with van der Waals surface area (Å²) in [6, 6.07) is -1.28. The van der Waals surface area contributed by atoms with E-state index in [1.54, 1.807) is 0 Å². The first-order valence-electron chi connectivity index (χ1n) is 7.19. The standard InChI is InChI=1S/C12H22BN3O7.2ClH/c14-8(3-9(17)18)10(19)16-5-7(1-2-13(22)23)4-12(15,6-16)11(20)21;;/h7-8,22-23H,1-6,14-15H2,(H,17,18)(H,20,21);2*1H/t7-,8?,12+;;/m0../s1. The highest BCUT2D eigenvalue weighted by atomic mass is 35.5. The Bertz CT molecular complexity index is 486. The van der Waals surface area contributed by atoms with Crippen molar-refractivity contribution in [3.63, 3.8) is 0 Å². The van der Waals surface area contributed by atoms with Gasteiger partial charge in [-0.25, -0.2) is 0 Å². The number of nitrogens with zero attached hydrogens (tertiary/aromatic N) is 1. The van der Waals surface area contributed by atoms with Gasteiger partial charge in [-0.05, 0) is 18.7 Å². The average molecular weight is 404 g/mol. The number of carboxylic acids is 2. The van der Waals surface area contributed by atoms with Crippen molar-refractivity contribution in [2.24, 2.45) is 17.4 Å². The number of amides is 1. The topological polar surface area (TPSA) is 187 Å². The van der Waals surface area contributed by atoms with E-state index in [4.69, 9.17) is 26.6 Å². The molecule has 1 aliphatic heterocycles. The minimum atomic E-state index is -1.68. The van der Waals surface area contributed by atoms with Crippen LogP contribution in [-0.4, -0.2) is 74.8 Å². The van der Waals surface area contributed by atoms with E-state index in [-0.39, 0.29) is 63.0 Å². The molecule has 25 heavy (non-hydrogen) atoms. The number of carbonyl (C=O) groups excluding carboxylic acids is 1. The molecule has 1 fully saturated rings. The number of aliphatic carboxylic acids is 2. The molecule has 0 aliphatic carbocycles. The molecule has 0 saturated carbocycles. The predicted octanol–water partition coefficient (Wildman–Crippen LogP) is -1.87. The van der Waals surface area contributed by atoms with Crippen LogP contribution in [-0.2, 0) is 14.4 Å². The quantitative estimate of drug-likeness (QED) is 0.264. The zero-order valence-electron chi connectivity index (χ0n) is 13.4. The van der Waals surface area contributed by atoms with Crippen molar-refractivity contribution in [2.75, 3.05) is 13.1 Å². The molecule has 1 amide bonds. The van der Waals surface area contributed by atoms with Gasteiger partial charge in [0.2, 0.25) is 5.91 Å². The maximum Gasteiger partial charge on any atom is 0.451 e. The molecule has 1 rings (SSSR count). The lowest BCUT2D eigenvalue weighted by molar-refractivity contribution is -0.151. The highest BCUT2D eigenvalue weighted by molar-refractivity contribution is 6.40. The molecule has 3 atom stereocenters. The SMILES string of the molecule is Cl.Cl.NC(CC(=O)O)C(=O)N1C[C@@H](CCB(O)O)C[C@](N)(C(=O)O)C1. The van der Waals surface area contributed by atoms with Crippen LogP contribution >= 0.6 is 24.8 Å². The van der Waals surface area contributed by atoms with E-state index in [9.17, 15) is 19.5 Å². The van der Waals surface area contributed by atoms with Gasteiger partial charge in [-0.1, -0.05) is 6.42 Å². The molecular formula is C12H24BCl2N3O7. The lowest BCUT2D eigenvalue weighted by Gasteiger charge is -2.42. The van der Waals surface area contributed by atoms with Gasteiger partial charge in [-0.15, -0.1) is 24.8 Å². The number of hydrogen-bond donors (Lipinski definition) is 6. The Morgan fingerprint density at radius 1 is 1.24 bits per heavy atom. The molecule has 146 valence electrons. The Labute approximate surface area is 157 Å². The third-order valence-corrected chi connectivity index (χ3v) is 3.89. The van der Waals surface area contributed by atoms with Crippen LogP contribution in [0.25, 0.3) is 0 Å². The van der Waals surface area contributed by atoms with Crippen LogP contribution in [0.2, 0.25) is 6.32 Å².